The number of nitrogens with one attached hydrogen (secondary N) is 1. The van der Waals surface area contributed by atoms with E-state index in [-0.39, 0.29) is 27.8 Å². The molecule has 3 aromatic rings. The van der Waals surface area contributed by atoms with Gasteiger partial charge in [-0.2, -0.15) is 16.8 Å². The van der Waals surface area contributed by atoms with Crippen molar-refractivity contribution in [3.05, 3.63) is 63.0 Å². The summed E-state index contributed by atoms with van der Waals surface area (Å²) in [6.45, 7) is 3.03. The van der Waals surface area contributed by atoms with Crippen molar-refractivity contribution in [1.82, 2.24) is 9.78 Å². The van der Waals surface area contributed by atoms with Gasteiger partial charge in [-0.05, 0) is 49.7 Å². The molecule has 0 unspecified atom stereocenters. The maximum Gasteiger partial charge on any atom is 0.299 e. The Bertz CT molecular complexity index is 1490. The highest BCUT2D eigenvalue weighted by atomic mass is 35.5. The fourth-order valence-corrected chi connectivity index (χ4v) is 4.02. The van der Waals surface area contributed by atoms with Crippen LogP contribution in [-0.2, 0) is 20.2 Å². The molecule has 0 aliphatic carbocycles. The van der Waals surface area contributed by atoms with Gasteiger partial charge in [-0.25, -0.2) is 4.68 Å². The first kappa shape index (κ1) is 22.8. The van der Waals surface area contributed by atoms with E-state index in [1.54, 1.807) is 0 Å². The molecule has 1 heterocycles. The van der Waals surface area contributed by atoms with Crippen LogP contribution < -0.4 is 5.56 Å². The lowest BCUT2D eigenvalue weighted by molar-refractivity contribution is 0.481. The summed E-state index contributed by atoms with van der Waals surface area (Å²) in [5, 5.41) is 10.4. The number of aryl methyl sites for hydroxylation is 2. The number of benzene rings is 2. The van der Waals surface area contributed by atoms with Gasteiger partial charge in [-0.1, -0.05) is 17.7 Å². The molecule has 2 aromatic carbocycles. The summed E-state index contributed by atoms with van der Waals surface area (Å²) in [7, 11) is -9.12. The van der Waals surface area contributed by atoms with Crippen molar-refractivity contribution in [2.75, 3.05) is 0 Å². The van der Waals surface area contributed by atoms with Gasteiger partial charge in [-0.15, -0.1) is 10.2 Å². The molecule has 0 fully saturated rings. The molecule has 0 saturated heterocycles. The fraction of sp³-hybridized carbons (Fsp3) is 0.118. The molecule has 0 radical (unpaired) electrons. The Morgan fingerprint density at radius 1 is 1.00 bits per heavy atom. The number of hydrogen-bond donors (Lipinski definition) is 3. The fourth-order valence-electron chi connectivity index (χ4n) is 2.65. The standard InChI is InChI=1S/C17H15ClN4O7S2/c1-9-6-15(31(27,28)29)14(8-13(9)18)19-20-16-10(2)21-22(17(16)23)11-4-3-5-12(7-11)30(24,25)26/h3-8,21H,1-2H3,(H,24,25,26)(H,27,28,29). The highest BCUT2D eigenvalue weighted by Crippen LogP contribution is 2.32. The van der Waals surface area contributed by atoms with E-state index in [9.17, 15) is 30.7 Å². The maximum atomic E-state index is 12.7. The van der Waals surface area contributed by atoms with Crippen molar-refractivity contribution in [1.29, 1.82) is 0 Å². The summed E-state index contributed by atoms with van der Waals surface area (Å²) < 4.78 is 65.5. The van der Waals surface area contributed by atoms with Crippen LogP contribution in [0.4, 0.5) is 11.4 Å². The Morgan fingerprint density at radius 3 is 2.29 bits per heavy atom. The van der Waals surface area contributed by atoms with Gasteiger partial charge in [-0.3, -0.25) is 19.0 Å². The van der Waals surface area contributed by atoms with Crippen molar-refractivity contribution in [3.63, 3.8) is 0 Å². The van der Waals surface area contributed by atoms with Crippen LogP contribution >= 0.6 is 11.6 Å². The zero-order valence-corrected chi connectivity index (χ0v) is 18.3. The molecule has 0 amide bonds. The molecule has 0 aliphatic rings. The number of hydrogen-bond acceptors (Lipinski definition) is 7. The van der Waals surface area contributed by atoms with E-state index < -0.39 is 35.6 Å². The maximum absolute atomic E-state index is 12.7. The smallest absolute Gasteiger partial charge is 0.293 e. The molecule has 11 nitrogen and oxygen atoms in total. The Balaban J connectivity index is 2.11. The molecule has 0 bridgehead atoms. The van der Waals surface area contributed by atoms with Crippen molar-refractivity contribution >= 4 is 43.2 Å². The van der Waals surface area contributed by atoms with E-state index in [4.69, 9.17) is 11.6 Å². The van der Waals surface area contributed by atoms with Crippen molar-refractivity contribution < 1.29 is 25.9 Å². The molecular weight excluding hydrogens is 472 g/mol. The molecule has 0 saturated carbocycles. The Hall–Kier alpha value is -2.84. The zero-order valence-electron chi connectivity index (χ0n) is 15.9. The Morgan fingerprint density at radius 2 is 1.68 bits per heavy atom. The second-order valence-corrected chi connectivity index (χ2v) is 9.66. The Kier molecular flexibility index (Phi) is 5.90. The van der Waals surface area contributed by atoms with Crippen molar-refractivity contribution in [3.8, 4) is 5.69 Å². The minimum absolute atomic E-state index is 0.0988. The lowest BCUT2D eigenvalue weighted by Gasteiger charge is -2.05. The summed E-state index contributed by atoms with van der Waals surface area (Å²) in [5.41, 5.74) is -0.486. The largest absolute Gasteiger partial charge is 0.299 e. The minimum atomic E-state index is -4.64. The van der Waals surface area contributed by atoms with Gasteiger partial charge in [0.25, 0.3) is 25.8 Å². The third kappa shape index (κ3) is 4.75. The van der Waals surface area contributed by atoms with Crippen LogP contribution in [0.1, 0.15) is 11.3 Å². The van der Waals surface area contributed by atoms with E-state index in [1.807, 2.05) is 0 Å². The molecule has 3 N–H and O–H groups in total. The van der Waals surface area contributed by atoms with Gasteiger partial charge in [0, 0.05) is 5.02 Å². The predicted octanol–water partition coefficient (Wildman–Crippen LogP) is 3.34. The molecule has 0 spiro atoms. The normalized spacial score (nSPS) is 12.5. The first-order valence-corrected chi connectivity index (χ1v) is 11.6. The monoisotopic (exact) mass is 486 g/mol. The van der Waals surface area contributed by atoms with Gasteiger partial charge >= 0.3 is 0 Å². The average molecular weight is 487 g/mol. The van der Waals surface area contributed by atoms with E-state index in [2.05, 4.69) is 15.3 Å². The van der Waals surface area contributed by atoms with Crippen molar-refractivity contribution in [2.24, 2.45) is 10.2 Å². The molecule has 0 aliphatic heterocycles. The summed E-state index contributed by atoms with van der Waals surface area (Å²) >= 11 is 6.00. The SMILES string of the molecule is Cc1cc(S(=O)(=O)O)c(N=Nc2c(C)[nH]n(-c3cccc(S(=O)(=O)O)c3)c2=O)cc1Cl. The number of aromatic nitrogens is 2. The first-order valence-electron chi connectivity index (χ1n) is 8.38. The first-order chi connectivity index (χ1) is 14.3. The van der Waals surface area contributed by atoms with Crippen LogP contribution in [0.2, 0.25) is 5.02 Å². The topological polar surface area (TPSA) is 171 Å². The second kappa shape index (κ2) is 8.01. The number of nitrogens with zero attached hydrogens (tertiary/aromatic N) is 3. The molecule has 3 rings (SSSR count). The van der Waals surface area contributed by atoms with E-state index in [0.29, 0.717) is 5.56 Å². The van der Waals surface area contributed by atoms with Crippen LogP contribution in [0.5, 0.6) is 0 Å². The number of halogens is 1. The molecule has 14 heteroatoms. The summed E-state index contributed by atoms with van der Waals surface area (Å²) in [6, 6.07) is 7.27. The number of aromatic amines is 1. The van der Waals surface area contributed by atoms with Gasteiger partial charge < -0.3 is 0 Å². The zero-order chi connectivity index (χ0) is 23.1. The van der Waals surface area contributed by atoms with E-state index in [1.165, 1.54) is 32.0 Å². The Labute approximate surface area is 181 Å². The summed E-state index contributed by atoms with van der Waals surface area (Å²) in [5.74, 6) is 0. The van der Waals surface area contributed by atoms with Crippen LogP contribution in [0.25, 0.3) is 5.69 Å². The molecular formula is C17H15ClN4O7S2. The molecule has 164 valence electrons. The third-order valence-corrected chi connectivity index (χ3v) is 6.33. The molecule has 0 atom stereocenters. The number of azo groups is 1. The summed E-state index contributed by atoms with van der Waals surface area (Å²) in [4.78, 5) is 11.8. The van der Waals surface area contributed by atoms with E-state index >= 15 is 0 Å². The molecule has 1 aromatic heterocycles. The van der Waals surface area contributed by atoms with Crippen LogP contribution in [0, 0.1) is 13.8 Å². The van der Waals surface area contributed by atoms with Gasteiger partial charge in [0.1, 0.15) is 10.6 Å². The minimum Gasteiger partial charge on any atom is -0.293 e. The quantitative estimate of drug-likeness (QED) is 0.366. The number of H-pyrrole nitrogens is 1. The highest BCUT2D eigenvalue weighted by molar-refractivity contribution is 7.86. The third-order valence-electron chi connectivity index (χ3n) is 4.19. The highest BCUT2D eigenvalue weighted by Gasteiger charge is 2.19. The average Bonchev–Trinajstić information content (AvgIpc) is 2.95. The van der Waals surface area contributed by atoms with Crippen LogP contribution in [0.15, 0.2) is 61.2 Å². The molecule has 31 heavy (non-hydrogen) atoms. The number of rotatable bonds is 5. The van der Waals surface area contributed by atoms with Gasteiger partial charge in [0.15, 0.2) is 5.69 Å². The van der Waals surface area contributed by atoms with E-state index in [0.717, 1.165) is 22.9 Å². The van der Waals surface area contributed by atoms with Crippen LogP contribution in [-0.4, -0.2) is 35.7 Å². The lowest BCUT2D eigenvalue weighted by Crippen LogP contribution is -2.14. The predicted molar refractivity (Wildman–Crippen MR) is 111 cm³/mol. The van der Waals surface area contributed by atoms with Crippen molar-refractivity contribution in [2.45, 2.75) is 23.6 Å². The van der Waals surface area contributed by atoms with Gasteiger partial charge in [0.2, 0.25) is 0 Å². The second-order valence-electron chi connectivity index (χ2n) is 6.44. The van der Waals surface area contributed by atoms with Crippen LogP contribution in [0.3, 0.4) is 0 Å². The lowest BCUT2D eigenvalue weighted by atomic mass is 10.2. The summed E-state index contributed by atoms with van der Waals surface area (Å²) in [6.07, 6.45) is 0. The van der Waals surface area contributed by atoms with Gasteiger partial charge in [0.05, 0.1) is 16.3 Å².